The number of ether oxygens (including phenoxy) is 8. The van der Waals surface area contributed by atoms with Crippen LogP contribution in [0.25, 0.3) is 0 Å². The maximum Gasteiger partial charge on any atom is 0.303 e. The molecule has 4 fully saturated rings. The summed E-state index contributed by atoms with van der Waals surface area (Å²) in [5.41, 5.74) is -0.148. The number of carbonyl (C=O) groups is 5. The Balaban J connectivity index is 1.69. The lowest BCUT2D eigenvalue weighted by Gasteiger charge is -2.66. The predicted molar refractivity (Wildman–Crippen MR) is 173 cm³/mol. The second-order valence-electron chi connectivity index (χ2n) is 14.8. The molecule has 0 amide bonds. The Kier molecular flexibility index (Phi) is 10.4. The average molecular weight is 721 g/mol. The summed E-state index contributed by atoms with van der Waals surface area (Å²) in [6, 6.07) is 1.81. The molecule has 0 unspecified atom stereocenters. The van der Waals surface area contributed by atoms with E-state index in [0.717, 1.165) is 20.8 Å². The van der Waals surface area contributed by atoms with Crippen LogP contribution in [0.5, 0.6) is 11.5 Å². The Bertz CT molecular complexity index is 1570. The summed E-state index contributed by atoms with van der Waals surface area (Å²) in [6.07, 6.45) is -6.97. The van der Waals surface area contributed by atoms with E-state index < -0.39 is 89.9 Å². The number of rotatable bonds is 9. The number of phenols is 1. The summed E-state index contributed by atoms with van der Waals surface area (Å²) in [5.74, 6) is -5.96. The van der Waals surface area contributed by atoms with Crippen molar-refractivity contribution < 1.29 is 72.1 Å². The van der Waals surface area contributed by atoms with E-state index in [-0.39, 0.29) is 36.4 Å². The van der Waals surface area contributed by atoms with Gasteiger partial charge in [0.05, 0.1) is 6.61 Å². The fraction of sp³-hybridized carbons (Fsp3) is 0.694. The van der Waals surface area contributed by atoms with Gasteiger partial charge in [-0.2, -0.15) is 0 Å². The van der Waals surface area contributed by atoms with Crippen LogP contribution >= 0.6 is 0 Å². The van der Waals surface area contributed by atoms with Crippen molar-refractivity contribution in [3.05, 3.63) is 22.8 Å². The lowest BCUT2D eigenvalue weighted by atomic mass is 9.45. The normalized spacial score (nSPS) is 33.3. The van der Waals surface area contributed by atoms with Crippen LogP contribution in [0.3, 0.4) is 0 Å². The minimum atomic E-state index is -1.61. The zero-order valence-electron chi connectivity index (χ0n) is 30.4. The molecule has 3 saturated heterocycles. The smallest absolute Gasteiger partial charge is 0.303 e. The molecule has 2 bridgehead atoms. The Morgan fingerprint density at radius 3 is 1.98 bits per heavy atom. The van der Waals surface area contributed by atoms with Gasteiger partial charge in [-0.05, 0) is 30.7 Å². The fourth-order valence-electron chi connectivity index (χ4n) is 8.50. The molecule has 282 valence electrons. The lowest BCUT2D eigenvalue weighted by Crippen LogP contribution is -2.69. The first-order chi connectivity index (χ1) is 23.7. The molecule has 3 heterocycles. The van der Waals surface area contributed by atoms with Gasteiger partial charge >= 0.3 is 29.8 Å². The summed E-state index contributed by atoms with van der Waals surface area (Å²) >= 11 is 0. The molecule has 5 aliphatic rings. The number of phenolic OH excluding ortho intramolecular Hbond substituents is 1. The van der Waals surface area contributed by atoms with Crippen molar-refractivity contribution in [2.45, 2.75) is 136 Å². The van der Waals surface area contributed by atoms with Crippen molar-refractivity contribution in [2.75, 3.05) is 13.2 Å². The molecule has 15 nitrogen and oxygen atoms in total. The molecule has 1 saturated carbocycles. The van der Waals surface area contributed by atoms with Gasteiger partial charge in [-0.1, -0.05) is 27.7 Å². The molecule has 0 aromatic heterocycles. The molecule has 0 radical (unpaired) electrons. The number of fused-ring (bicyclic) bond motifs is 3. The Morgan fingerprint density at radius 2 is 1.45 bits per heavy atom. The van der Waals surface area contributed by atoms with Crippen LogP contribution in [-0.2, 0) is 62.5 Å². The quantitative estimate of drug-likeness (QED) is 0.278. The van der Waals surface area contributed by atoms with Crippen molar-refractivity contribution in [1.29, 1.82) is 0 Å². The highest BCUT2D eigenvalue weighted by Crippen LogP contribution is 2.68. The van der Waals surface area contributed by atoms with E-state index in [9.17, 15) is 34.2 Å². The van der Waals surface area contributed by atoms with Crippen LogP contribution in [0.2, 0.25) is 0 Å². The number of esters is 5. The number of hydrogen-bond acceptors (Lipinski definition) is 15. The molecule has 1 aromatic carbocycles. The van der Waals surface area contributed by atoms with Crippen LogP contribution in [0.1, 0.15) is 110 Å². The van der Waals surface area contributed by atoms with Gasteiger partial charge in [0, 0.05) is 68.6 Å². The first-order valence-electron chi connectivity index (χ1n) is 17.1. The molecule has 15 heteroatoms. The average Bonchev–Trinajstić information content (AvgIpc) is 3.00. The maximum absolute atomic E-state index is 12.5. The van der Waals surface area contributed by atoms with E-state index in [4.69, 9.17) is 37.9 Å². The Morgan fingerprint density at radius 1 is 0.863 bits per heavy atom. The topological polar surface area (TPSA) is 200 Å². The van der Waals surface area contributed by atoms with Gasteiger partial charge in [0.15, 0.2) is 29.5 Å². The van der Waals surface area contributed by atoms with Crippen molar-refractivity contribution >= 4 is 29.8 Å². The van der Waals surface area contributed by atoms with Crippen LogP contribution in [0, 0.1) is 11.3 Å². The molecule has 6 rings (SSSR count). The minimum absolute atomic E-state index is 0.0505. The molecule has 9 atom stereocenters. The van der Waals surface area contributed by atoms with Gasteiger partial charge in [0.25, 0.3) is 0 Å². The van der Waals surface area contributed by atoms with Crippen LogP contribution in [-0.4, -0.2) is 89.8 Å². The van der Waals surface area contributed by atoms with Crippen molar-refractivity contribution in [1.82, 2.24) is 0 Å². The molecule has 1 aromatic rings. The second-order valence-corrected chi connectivity index (χ2v) is 14.8. The SMILES string of the molecule is CC(=O)OC[C@H]1O[C@@H](Oc2c(C(C)C)cc3c(c2O)[C@@]24CC[C@@](O)(OC2)C(C)(C)[C@@H]4C[C@@H]3OC(C)=O)[C@H](OC(C)=O)[C@@H](OC(C)=O)[C@@H]1OC(C)=O. The van der Waals surface area contributed by atoms with Crippen LogP contribution < -0.4 is 4.74 Å². The molecule has 1 spiro atoms. The predicted octanol–water partition coefficient (Wildman–Crippen LogP) is 3.38. The summed E-state index contributed by atoms with van der Waals surface area (Å²) < 4.78 is 46.6. The number of benzene rings is 1. The first-order valence-corrected chi connectivity index (χ1v) is 17.1. The molecule has 3 aliphatic heterocycles. The number of hydrogen-bond donors (Lipinski definition) is 2. The summed E-state index contributed by atoms with van der Waals surface area (Å²) in [6.45, 7) is 13.0. The van der Waals surface area contributed by atoms with Crippen LogP contribution in [0.4, 0.5) is 0 Å². The summed E-state index contributed by atoms with van der Waals surface area (Å²) in [4.78, 5) is 61.3. The maximum atomic E-state index is 12.5. The monoisotopic (exact) mass is 720 g/mol. The van der Waals surface area contributed by atoms with Crippen molar-refractivity contribution in [3.8, 4) is 11.5 Å². The molecule has 2 aliphatic carbocycles. The van der Waals surface area contributed by atoms with E-state index in [2.05, 4.69) is 0 Å². The zero-order chi connectivity index (χ0) is 37.8. The number of aliphatic hydroxyl groups is 1. The molecule has 2 N–H and O–H groups in total. The number of carbonyl (C=O) groups excluding carboxylic acids is 5. The zero-order valence-corrected chi connectivity index (χ0v) is 30.4. The minimum Gasteiger partial charge on any atom is -0.504 e. The Hall–Kier alpha value is -3.95. The summed E-state index contributed by atoms with van der Waals surface area (Å²) in [7, 11) is 0. The van der Waals surface area contributed by atoms with Gasteiger partial charge in [-0.25, -0.2) is 0 Å². The van der Waals surface area contributed by atoms with Crippen molar-refractivity contribution in [2.24, 2.45) is 11.3 Å². The van der Waals surface area contributed by atoms with Crippen molar-refractivity contribution in [3.63, 3.8) is 0 Å². The highest BCUT2D eigenvalue weighted by Gasteiger charge is 2.69. The highest BCUT2D eigenvalue weighted by atomic mass is 16.7. The van der Waals surface area contributed by atoms with Gasteiger partial charge in [-0.15, -0.1) is 0 Å². The van der Waals surface area contributed by atoms with E-state index >= 15 is 0 Å². The lowest BCUT2D eigenvalue weighted by molar-refractivity contribution is -0.359. The largest absolute Gasteiger partial charge is 0.504 e. The van der Waals surface area contributed by atoms with Gasteiger partial charge in [0.1, 0.15) is 18.8 Å². The van der Waals surface area contributed by atoms with Gasteiger partial charge < -0.3 is 48.1 Å². The third-order valence-electron chi connectivity index (χ3n) is 10.7. The fourth-order valence-corrected chi connectivity index (χ4v) is 8.50. The van der Waals surface area contributed by atoms with Gasteiger partial charge in [-0.3, -0.25) is 24.0 Å². The van der Waals surface area contributed by atoms with E-state index in [1.54, 1.807) is 6.07 Å². The highest BCUT2D eigenvalue weighted by molar-refractivity contribution is 5.69. The molecular formula is C36H48O15. The second kappa shape index (κ2) is 13.9. The molecule has 51 heavy (non-hydrogen) atoms. The third-order valence-corrected chi connectivity index (χ3v) is 10.7. The first kappa shape index (κ1) is 38.3. The molecular weight excluding hydrogens is 672 g/mol. The van der Waals surface area contributed by atoms with E-state index in [1.165, 1.54) is 13.8 Å². The van der Waals surface area contributed by atoms with E-state index in [1.807, 2.05) is 27.7 Å². The standard InChI is InChI=1S/C36H48O15/c1-16(2)22-12-23-24(46-18(4)38)13-26-34(8,9)36(43)11-10-35(26,15-45-36)27(23)28(42)29(22)51-33-32(49-21(7)41)31(48-20(6)40)30(47-19(5)39)25(50-33)14-44-17(3)37/h12,16,24-26,30-33,42-43H,10-11,13-15H2,1-9H3/t24-,25+,26-,30+,31-,32+,33-,35-,36+/m0/s1. The van der Waals surface area contributed by atoms with Gasteiger partial charge in [0.2, 0.25) is 12.4 Å². The summed E-state index contributed by atoms with van der Waals surface area (Å²) in [5, 5.41) is 24.0. The number of aromatic hydroxyl groups is 1. The Labute approximate surface area is 296 Å². The van der Waals surface area contributed by atoms with Crippen LogP contribution in [0.15, 0.2) is 6.07 Å². The third kappa shape index (κ3) is 6.87. The van der Waals surface area contributed by atoms with E-state index in [0.29, 0.717) is 29.5 Å².